The lowest BCUT2D eigenvalue weighted by molar-refractivity contribution is 0.0793. The number of rotatable bonds is 3. The number of halogens is 2. The first kappa shape index (κ1) is 16.4. The van der Waals surface area contributed by atoms with Crippen LogP contribution < -0.4 is 5.32 Å². The van der Waals surface area contributed by atoms with Crippen LogP contribution in [0.1, 0.15) is 23.2 Å². The number of hydrogen-bond acceptors (Lipinski definition) is 3. The molecule has 0 spiro atoms. The van der Waals surface area contributed by atoms with Crippen molar-refractivity contribution in [1.29, 1.82) is 0 Å². The highest BCUT2D eigenvalue weighted by molar-refractivity contribution is 6.08. The first-order valence-electron chi connectivity index (χ1n) is 8.52. The number of nitrogens with one attached hydrogen (secondary N) is 1. The lowest BCUT2D eigenvalue weighted by atomic mass is 10.1. The minimum atomic E-state index is -0.451. The van der Waals surface area contributed by atoms with E-state index >= 15 is 0 Å². The van der Waals surface area contributed by atoms with Crippen LogP contribution in [0.3, 0.4) is 0 Å². The molecular formula is C20H17F2N3O. The van der Waals surface area contributed by atoms with Crippen molar-refractivity contribution in [3.8, 4) is 0 Å². The van der Waals surface area contributed by atoms with E-state index in [0.717, 1.165) is 12.8 Å². The number of pyridine rings is 1. The summed E-state index contributed by atoms with van der Waals surface area (Å²) in [5.74, 6) is -1.07. The van der Waals surface area contributed by atoms with Gasteiger partial charge in [-0.2, -0.15) is 0 Å². The van der Waals surface area contributed by atoms with Gasteiger partial charge in [-0.05, 0) is 43.2 Å². The molecule has 1 N–H and O–H groups in total. The lowest BCUT2D eigenvalue weighted by Crippen LogP contribution is -2.28. The van der Waals surface area contributed by atoms with E-state index in [4.69, 9.17) is 0 Å². The van der Waals surface area contributed by atoms with Gasteiger partial charge in [0.15, 0.2) is 0 Å². The van der Waals surface area contributed by atoms with Crippen LogP contribution in [0, 0.1) is 11.6 Å². The highest BCUT2D eigenvalue weighted by atomic mass is 19.1. The van der Waals surface area contributed by atoms with Gasteiger partial charge in [-0.3, -0.25) is 9.78 Å². The third-order valence-electron chi connectivity index (χ3n) is 4.59. The largest absolute Gasteiger partial charge is 0.352 e. The molecule has 2 heterocycles. The average molecular weight is 353 g/mol. The van der Waals surface area contributed by atoms with E-state index in [1.54, 1.807) is 29.2 Å². The lowest BCUT2D eigenvalue weighted by Gasteiger charge is -2.19. The Balaban J connectivity index is 1.87. The summed E-state index contributed by atoms with van der Waals surface area (Å²) < 4.78 is 28.0. The van der Waals surface area contributed by atoms with E-state index in [2.05, 4.69) is 10.3 Å². The topological polar surface area (TPSA) is 45.2 Å². The van der Waals surface area contributed by atoms with Gasteiger partial charge in [0, 0.05) is 24.7 Å². The summed E-state index contributed by atoms with van der Waals surface area (Å²) in [5, 5.41) is 3.43. The molecule has 0 bridgehead atoms. The van der Waals surface area contributed by atoms with Gasteiger partial charge in [0.1, 0.15) is 11.6 Å². The molecule has 1 aliphatic heterocycles. The van der Waals surface area contributed by atoms with Gasteiger partial charge < -0.3 is 10.2 Å². The Labute approximate surface area is 149 Å². The molecule has 132 valence electrons. The van der Waals surface area contributed by atoms with Gasteiger partial charge in [0.25, 0.3) is 5.91 Å². The monoisotopic (exact) mass is 353 g/mol. The van der Waals surface area contributed by atoms with Crippen LogP contribution in [0.2, 0.25) is 0 Å². The van der Waals surface area contributed by atoms with Crippen LogP contribution in [0.5, 0.6) is 0 Å². The summed E-state index contributed by atoms with van der Waals surface area (Å²) in [6, 6.07) is 10.3. The minimum absolute atomic E-state index is 0.181. The number of para-hydroxylation sites is 1. The van der Waals surface area contributed by atoms with Gasteiger partial charge in [0.2, 0.25) is 0 Å². The molecule has 1 aromatic heterocycles. The third-order valence-corrected chi connectivity index (χ3v) is 4.59. The maximum absolute atomic E-state index is 14.1. The van der Waals surface area contributed by atoms with Gasteiger partial charge in [-0.25, -0.2) is 8.78 Å². The van der Waals surface area contributed by atoms with Crippen molar-refractivity contribution in [2.24, 2.45) is 0 Å². The average Bonchev–Trinajstić information content (AvgIpc) is 3.18. The second-order valence-electron chi connectivity index (χ2n) is 6.31. The number of benzene rings is 2. The second kappa shape index (κ2) is 6.71. The van der Waals surface area contributed by atoms with Crippen LogP contribution in [-0.4, -0.2) is 28.9 Å². The van der Waals surface area contributed by atoms with E-state index in [1.165, 1.54) is 24.4 Å². The zero-order chi connectivity index (χ0) is 18.1. The molecule has 0 saturated carbocycles. The Hall–Kier alpha value is -3.02. The van der Waals surface area contributed by atoms with Crippen LogP contribution in [-0.2, 0) is 0 Å². The summed E-state index contributed by atoms with van der Waals surface area (Å²) in [6.07, 6.45) is 3.39. The normalized spacial score (nSPS) is 14.0. The zero-order valence-corrected chi connectivity index (χ0v) is 14.0. The van der Waals surface area contributed by atoms with E-state index in [9.17, 15) is 13.6 Å². The molecule has 0 atom stereocenters. The number of carbonyl (C=O) groups is 1. The standard InChI is InChI=1S/C20H17F2N3O/c21-13-7-8-17-14(11-13)19(24-18-6-2-1-5-16(18)22)15(12-23-17)20(26)25-9-3-4-10-25/h1-2,5-8,11-12H,3-4,9-10H2,(H,23,24). The predicted octanol–water partition coefficient (Wildman–Crippen LogP) is 4.49. The van der Waals surface area contributed by atoms with Crippen LogP contribution in [0.15, 0.2) is 48.7 Å². The highest BCUT2D eigenvalue weighted by Crippen LogP contribution is 2.32. The summed E-state index contributed by atoms with van der Waals surface area (Å²) in [7, 11) is 0. The second-order valence-corrected chi connectivity index (χ2v) is 6.31. The molecule has 1 saturated heterocycles. The maximum Gasteiger partial charge on any atom is 0.257 e. The van der Waals surface area contributed by atoms with E-state index in [1.807, 2.05) is 0 Å². The summed E-state index contributed by atoms with van der Waals surface area (Å²) in [6.45, 7) is 1.36. The van der Waals surface area contributed by atoms with Crippen LogP contribution >= 0.6 is 0 Å². The Morgan fingerprint density at radius 2 is 1.85 bits per heavy atom. The predicted molar refractivity (Wildman–Crippen MR) is 96.5 cm³/mol. The number of hydrogen-bond donors (Lipinski definition) is 1. The molecule has 0 unspecified atom stereocenters. The van der Waals surface area contributed by atoms with Crippen molar-refractivity contribution in [3.63, 3.8) is 0 Å². The van der Waals surface area contributed by atoms with Crippen molar-refractivity contribution < 1.29 is 13.6 Å². The van der Waals surface area contributed by atoms with Gasteiger partial charge in [-0.1, -0.05) is 12.1 Å². The molecule has 0 radical (unpaired) electrons. The molecule has 1 amide bonds. The highest BCUT2D eigenvalue weighted by Gasteiger charge is 2.24. The number of likely N-dealkylation sites (tertiary alicyclic amines) is 1. The maximum atomic E-state index is 14.1. The molecule has 4 nitrogen and oxygen atoms in total. The smallest absolute Gasteiger partial charge is 0.257 e. The molecule has 2 aromatic carbocycles. The quantitative estimate of drug-likeness (QED) is 0.754. The fourth-order valence-electron chi connectivity index (χ4n) is 3.25. The van der Waals surface area contributed by atoms with Crippen LogP contribution in [0.25, 0.3) is 10.9 Å². The van der Waals surface area contributed by atoms with Crippen molar-refractivity contribution in [2.75, 3.05) is 18.4 Å². The van der Waals surface area contributed by atoms with Gasteiger partial charge in [-0.15, -0.1) is 0 Å². The Morgan fingerprint density at radius 1 is 1.08 bits per heavy atom. The van der Waals surface area contributed by atoms with Crippen molar-refractivity contribution in [1.82, 2.24) is 9.88 Å². The minimum Gasteiger partial charge on any atom is -0.352 e. The molecular weight excluding hydrogens is 336 g/mol. The molecule has 3 aromatic rings. The summed E-state index contributed by atoms with van der Waals surface area (Å²) in [4.78, 5) is 19.0. The molecule has 1 aliphatic rings. The number of aromatic nitrogens is 1. The van der Waals surface area contributed by atoms with Gasteiger partial charge in [0.05, 0.1) is 22.5 Å². The molecule has 26 heavy (non-hydrogen) atoms. The van der Waals surface area contributed by atoms with Crippen molar-refractivity contribution in [2.45, 2.75) is 12.8 Å². The fraction of sp³-hybridized carbons (Fsp3) is 0.200. The van der Waals surface area contributed by atoms with Crippen LogP contribution in [0.4, 0.5) is 20.2 Å². The zero-order valence-electron chi connectivity index (χ0n) is 14.0. The summed E-state index contributed by atoms with van der Waals surface area (Å²) >= 11 is 0. The SMILES string of the molecule is O=C(c1cnc2ccc(F)cc2c1Nc1ccccc1F)N1CCCC1. The number of carbonyl (C=O) groups excluding carboxylic acids is 1. The molecule has 1 fully saturated rings. The Kier molecular flexibility index (Phi) is 4.24. The molecule has 0 aliphatic carbocycles. The van der Waals surface area contributed by atoms with Crippen molar-refractivity contribution >= 4 is 28.2 Å². The van der Waals surface area contributed by atoms with E-state index < -0.39 is 11.6 Å². The van der Waals surface area contributed by atoms with Gasteiger partial charge >= 0.3 is 0 Å². The first-order valence-corrected chi connectivity index (χ1v) is 8.52. The number of anilines is 2. The Bertz CT molecular complexity index is 984. The molecule has 6 heteroatoms. The van der Waals surface area contributed by atoms with E-state index in [0.29, 0.717) is 35.2 Å². The van der Waals surface area contributed by atoms with E-state index in [-0.39, 0.29) is 11.6 Å². The first-order chi connectivity index (χ1) is 12.6. The fourth-order valence-corrected chi connectivity index (χ4v) is 3.25. The number of nitrogens with zero attached hydrogens (tertiary/aromatic N) is 2. The Morgan fingerprint density at radius 3 is 2.62 bits per heavy atom. The number of amides is 1. The van der Waals surface area contributed by atoms with Crippen molar-refractivity contribution in [3.05, 3.63) is 65.9 Å². The summed E-state index contributed by atoms with van der Waals surface area (Å²) in [5.41, 5.74) is 1.44. The molecule has 4 rings (SSSR count). The third kappa shape index (κ3) is 2.98. The number of fused-ring (bicyclic) bond motifs is 1.